The van der Waals surface area contributed by atoms with Crippen molar-refractivity contribution in [1.82, 2.24) is 15.5 Å². The fraction of sp³-hybridized carbons (Fsp3) is 0.423. The minimum Gasteiger partial charge on any atom is -0.486 e. The molecule has 34 heavy (non-hydrogen) atoms. The van der Waals surface area contributed by atoms with E-state index in [4.69, 9.17) is 4.74 Å². The maximum Gasteiger partial charge on any atom is 0.254 e. The zero-order chi connectivity index (χ0) is 24.6. The normalized spacial score (nSPS) is 26.8. The van der Waals surface area contributed by atoms with Crippen molar-refractivity contribution in [3.05, 3.63) is 65.3 Å². The first-order valence-electron chi connectivity index (χ1n) is 11.5. The molecule has 5 atom stereocenters. The molecule has 1 aromatic carbocycles. The molecule has 0 bridgehead atoms. The second-order valence-electron chi connectivity index (χ2n) is 9.02. The van der Waals surface area contributed by atoms with Crippen LogP contribution in [0.1, 0.15) is 46.0 Å². The largest absolute Gasteiger partial charge is 0.486 e. The SMILES string of the molecule is C=C(/C=C\C=C/C)[C@@H]1c2cc(C(=O)N[C@H]3[C@@H]4CN(C(C)=O)C[C@@H]43)cc(C(=O)NC)c2O[C@H]1CF. The van der Waals surface area contributed by atoms with Crippen LogP contribution in [0, 0.1) is 11.8 Å². The molecular weight excluding hydrogens is 437 g/mol. The number of hydrogen-bond donors (Lipinski definition) is 2. The summed E-state index contributed by atoms with van der Waals surface area (Å²) < 4.78 is 19.8. The number of halogens is 1. The van der Waals surface area contributed by atoms with Crippen molar-refractivity contribution in [2.45, 2.75) is 31.9 Å². The molecule has 8 heteroatoms. The molecule has 0 spiro atoms. The number of ether oxygens (including phenoxy) is 1. The fourth-order valence-corrected chi connectivity index (χ4v) is 5.05. The van der Waals surface area contributed by atoms with Crippen LogP contribution >= 0.6 is 0 Å². The molecule has 1 aromatic rings. The number of allylic oxidation sites excluding steroid dienone is 4. The molecule has 180 valence electrons. The molecule has 2 heterocycles. The molecule has 1 saturated heterocycles. The number of fused-ring (bicyclic) bond motifs is 2. The highest BCUT2D eigenvalue weighted by molar-refractivity contribution is 6.02. The Bertz CT molecular complexity index is 1080. The lowest BCUT2D eigenvalue weighted by Crippen LogP contribution is -2.36. The second kappa shape index (κ2) is 9.44. The molecule has 0 aromatic heterocycles. The van der Waals surface area contributed by atoms with Crippen molar-refractivity contribution in [3.63, 3.8) is 0 Å². The van der Waals surface area contributed by atoms with Gasteiger partial charge in [0, 0.05) is 56.1 Å². The first-order chi connectivity index (χ1) is 16.3. The lowest BCUT2D eigenvalue weighted by molar-refractivity contribution is -0.128. The Morgan fingerprint density at radius 3 is 2.50 bits per heavy atom. The van der Waals surface area contributed by atoms with Gasteiger partial charge in [-0.05, 0) is 24.6 Å². The topological polar surface area (TPSA) is 87.7 Å². The highest BCUT2D eigenvalue weighted by atomic mass is 19.1. The zero-order valence-electron chi connectivity index (χ0n) is 19.6. The molecule has 7 nitrogen and oxygen atoms in total. The quantitative estimate of drug-likeness (QED) is 0.604. The van der Waals surface area contributed by atoms with E-state index >= 15 is 0 Å². The predicted octanol–water partition coefficient (Wildman–Crippen LogP) is 2.76. The maximum atomic E-state index is 13.9. The van der Waals surface area contributed by atoms with Gasteiger partial charge in [-0.1, -0.05) is 30.9 Å². The van der Waals surface area contributed by atoms with Gasteiger partial charge < -0.3 is 20.3 Å². The standard InChI is InChI=1S/C26H30FN3O4/c1-5-6-7-8-14(2)22-17-9-16(10-18(26(33)28-4)24(17)34-21(22)11-27)25(32)29-23-19-12-30(15(3)31)13-20(19)23/h5-10,19-23H,2,11-13H2,1,3-4H3,(H,28,33)(H,29,32)/b6-5-,8-7-/t19-,20+,21-,22+,23+/m0/s1. The molecule has 2 fully saturated rings. The number of nitrogens with zero attached hydrogens (tertiary/aromatic N) is 1. The number of carbonyl (C=O) groups is 3. The van der Waals surface area contributed by atoms with Gasteiger partial charge in [0.05, 0.1) is 11.5 Å². The molecule has 3 amide bonds. The van der Waals surface area contributed by atoms with Crippen molar-refractivity contribution in [2.75, 3.05) is 26.8 Å². The zero-order valence-corrected chi connectivity index (χ0v) is 19.6. The van der Waals surface area contributed by atoms with Crippen LogP contribution in [0.2, 0.25) is 0 Å². The summed E-state index contributed by atoms with van der Waals surface area (Å²) in [6.07, 6.45) is 6.46. The van der Waals surface area contributed by atoms with Crippen LogP contribution in [0.4, 0.5) is 4.39 Å². The number of rotatable bonds is 7. The monoisotopic (exact) mass is 467 g/mol. The number of alkyl halides is 1. The van der Waals surface area contributed by atoms with Crippen molar-refractivity contribution in [1.29, 1.82) is 0 Å². The van der Waals surface area contributed by atoms with E-state index in [1.165, 1.54) is 13.1 Å². The fourth-order valence-electron chi connectivity index (χ4n) is 5.05. The minimum absolute atomic E-state index is 0.00386. The summed E-state index contributed by atoms with van der Waals surface area (Å²) in [4.78, 5) is 39.1. The van der Waals surface area contributed by atoms with Crippen LogP contribution in [0.5, 0.6) is 5.75 Å². The summed E-state index contributed by atoms with van der Waals surface area (Å²) in [7, 11) is 1.49. The van der Waals surface area contributed by atoms with Crippen molar-refractivity contribution in [3.8, 4) is 5.75 Å². The number of benzene rings is 1. The van der Waals surface area contributed by atoms with Crippen molar-refractivity contribution < 1.29 is 23.5 Å². The van der Waals surface area contributed by atoms with Gasteiger partial charge in [-0.25, -0.2) is 4.39 Å². The number of piperidine rings is 1. The highest BCUT2D eigenvalue weighted by Gasteiger charge is 2.57. The highest BCUT2D eigenvalue weighted by Crippen LogP contribution is 2.47. The first-order valence-corrected chi connectivity index (χ1v) is 11.5. The number of amides is 3. The van der Waals surface area contributed by atoms with E-state index in [9.17, 15) is 18.8 Å². The molecule has 2 N–H and O–H groups in total. The Morgan fingerprint density at radius 2 is 1.91 bits per heavy atom. The van der Waals surface area contributed by atoms with Crippen LogP contribution in [0.25, 0.3) is 0 Å². The van der Waals surface area contributed by atoms with E-state index in [2.05, 4.69) is 17.2 Å². The number of carbonyl (C=O) groups excluding carboxylic acids is 3. The van der Waals surface area contributed by atoms with E-state index in [1.54, 1.807) is 24.0 Å². The van der Waals surface area contributed by atoms with E-state index in [1.807, 2.05) is 25.2 Å². The van der Waals surface area contributed by atoms with Crippen LogP contribution in [0.3, 0.4) is 0 Å². The molecule has 2 aliphatic heterocycles. The molecule has 4 rings (SSSR count). The number of hydrogen-bond acceptors (Lipinski definition) is 4. The van der Waals surface area contributed by atoms with E-state index in [0.717, 1.165) is 0 Å². The molecule has 3 aliphatic rings. The number of nitrogens with one attached hydrogen (secondary N) is 2. The Hall–Kier alpha value is -3.42. The first kappa shape index (κ1) is 23.7. The molecule has 1 saturated carbocycles. The lowest BCUT2D eigenvalue weighted by Gasteiger charge is -2.18. The predicted molar refractivity (Wildman–Crippen MR) is 127 cm³/mol. The third kappa shape index (κ3) is 4.24. The van der Waals surface area contributed by atoms with Gasteiger partial charge in [-0.3, -0.25) is 14.4 Å². The average molecular weight is 468 g/mol. The van der Waals surface area contributed by atoms with Gasteiger partial charge in [-0.2, -0.15) is 0 Å². The summed E-state index contributed by atoms with van der Waals surface area (Å²) >= 11 is 0. The van der Waals surface area contributed by atoms with E-state index < -0.39 is 24.6 Å². The van der Waals surface area contributed by atoms with E-state index in [0.29, 0.717) is 29.8 Å². The maximum absolute atomic E-state index is 13.9. The van der Waals surface area contributed by atoms with Crippen LogP contribution in [0.15, 0.2) is 48.6 Å². The Morgan fingerprint density at radius 1 is 1.21 bits per heavy atom. The van der Waals surface area contributed by atoms with Crippen LogP contribution in [-0.2, 0) is 4.79 Å². The molecular formula is C26H30FN3O4. The van der Waals surface area contributed by atoms with Crippen molar-refractivity contribution >= 4 is 17.7 Å². The van der Waals surface area contributed by atoms with Gasteiger partial charge in [0.15, 0.2) is 0 Å². The lowest BCUT2D eigenvalue weighted by atomic mass is 9.86. The van der Waals surface area contributed by atoms with E-state index in [-0.39, 0.29) is 41.0 Å². The van der Waals surface area contributed by atoms with Gasteiger partial charge in [0.25, 0.3) is 11.8 Å². The Kier molecular flexibility index (Phi) is 6.59. The molecule has 0 unspecified atom stereocenters. The Labute approximate surface area is 198 Å². The van der Waals surface area contributed by atoms with Gasteiger partial charge in [-0.15, -0.1) is 0 Å². The summed E-state index contributed by atoms with van der Waals surface area (Å²) in [6, 6.07) is 3.17. The summed E-state index contributed by atoms with van der Waals surface area (Å²) in [5.41, 5.74) is 1.70. The second-order valence-corrected chi connectivity index (χ2v) is 9.02. The van der Waals surface area contributed by atoms with Gasteiger partial charge >= 0.3 is 0 Å². The third-order valence-corrected chi connectivity index (χ3v) is 6.93. The van der Waals surface area contributed by atoms with Gasteiger partial charge in [0.1, 0.15) is 18.5 Å². The number of likely N-dealkylation sites (tertiary alicyclic amines) is 1. The average Bonchev–Trinajstić information content (AvgIpc) is 3.17. The summed E-state index contributed by atoms with van der Waals surface area (Å²) in [5.74, 6) is -0.415. The Balaban J connectivity index is 1.62. The summed E-state index contributed by atoms with van der Waals surface area (Å²) in [5, 5.41) is 5.62. The minimum atomic E-state index is -0.833. The molecule has 0 radical (unpaired) electrons. The summed E-state index contributed by atoms with van der Waals surface area (Å²) in [6.45, 7) is 8.06. The smallest absolute Gasteiger partial charge is 0.254 e. The van der Waals surface area contributed by atoms with Crippen LogP contribution in [-0.4, -0.2) is 61.6 Å². The third-order valence-electron chi connectivity index (χ3n) is 6.93. The molecule has 1 aliphatic carbocycles. The van der Waals surface area contributed by atoms with Gasteiger partial charge in [0.2, 0.25) is 5.91 Å². The van der Waals surface area contributed by atoms with Crippen LogP contribution < -0.4 is 15.4 Å². The van der Waals surface area contributed by atoms with Crippen molar-refractivity contribution in [2.24, 2.45) is 11.8 Å².